The van der Waals surface area contributed by atoms with Gasteiger partial charge in [0.05, 0.1) is 11.0 Å². The van der Waals surface area contributed by atoms with Crippen molar-refractivity contribution in [1.82, 2.24) is 4.98 Å². The predicted molar refractivity (Wildman–Crippen MR) is 129 cm³/mol. The number of ketones is 2. The zero-order chi connectivity index (χ0) is 23.2. The first-order chi connectivity index (χ1) is 15.2. The molecule has 0 radical (unpaired) electrons. The third-order valence-electron chi connectivity index (χ3n) is 7.39. The zero-order valence-corrected chi connectivity index (χ0v) is 20.3. The number of hydrogen-bond donors (Lipinski definition) is 1. The number of rotatable bonds is 7. The van der Waals surface area contributed by atoms with E-state index in [0.717, 1.165) is 54.9 Å². The number of aromatic nitrogens is 1. The van der Waals surface area contributed by atoms with Crippen LogP contribution in [0.4, 0.5) is 5.69 Å². The van der Waals surface area contributed by atoms with Crippen LogP contribution in [0.15, 0.2) is 35.9 Å². The van der Waals surface area contributed by atoms with E-state index in [-0.39, 0.29) is 17.0 Å². The second kappa shape index (κ2) is 8.31. The summed E-state index contributed by atoms with van der Waals surface area (Å²) in [6.07, 6.45) is 6.18. The Balaban J connectivity index is 1.73. The Bertz CT molecular complexity index is 1140. The molecule has 0 spiro atoms. The van der Waals surface area contributed by atoms with Gasteiger partial charge < -0.3 is 4.98 Å². The van der Waals surface area contributed by atoms with Crippen molar-refractivity contribution in [2.75, 3.05) is 6.54 Å². The van der Waals surface area contributed by atoms with Crippen molar-refractivity contribution in [3.63, 3.8) is 0 Å². The average Bonchev–Trinajstić information content (AvgIpc) is 3.16. The fourth-order valence-electron chi connectivity index (χ4n) is 5.51. The summed E-state index contributed by atoms with van der Waals surface area (Å²) in [5.74, 6) is -0.800. The quantitative estimate of drug-likeness (QED) is 0.203. The Hall–Kier alpha value is -2.75. The Kier molecular flexibility index (Phi) is 5.83. The molecule has 2 heterocycles. The SMILES string of the molecule is CCCCC[N+]1=C(C=C2C(=O)C(c3[nH]c(C)c(CC)c3C)C2=O)C(C)(C)c2ccccc21. The van der Waals surface area contributed by atoms with Crippen LogP contribution in [0.2, 0.25) is 0 Å². The number of aromatic amines is 1. The van der Waals surface area contributed by atoms with Gasteiger partial charge in [-0.05, 0) is 51.7 Å². The molecule has 4 rings (SSSR count). The average molecular weight is 432 g/mol. The van der Waals surface area contributed by atoms with E-state index in [1.165, 1.54) is 16.8 Å². The molecule has 1 saturated carbocycles. The topological polar surface area (TPSA) is 52.9 Å². The number of unbranched alkanes of at least 4 members (excludes halogenated alkanes) is 2. The lowest BCUT2D eigenvalue weighted by molar-refractivity contribution is -0.438. The van der Waals surface area contributed by atoms with Crippen LogP contribution < -0.4 is 0 Å². The van der Waals surface area contributed by atoms with E-state index in [4.69, 9.17) is 0 Å². The molecule has 0 atom stereocenters. The molecule has 1 aromatic carbocycles. The molecule has 2 aliphatic rings. The fourth-order valence-corrected chi connectivity index (χ4v) is 5.51. The Morgan fingerprint density at radius 1 is 1.06 bits per heavy atom. The number of allylic oxidation sites excluding steroid dienone is 2. The van der Waals surface area contributed by atoms with Crippen molar-refractivity contribution >= 4 is 23.0 Å². The molecule has 0 unspecified atom stereocenters. The lowest BCUT2D eigenvalue weighted by atomic mass is 9.71. The van der Waals surface area contributed by atoms with Gasteiger partial charge in [0, 0.05) is 35.5 Å². The van der Waals surface area contributed by atoms with Crippen molar-refractivity contribution in [3.8, 4) is 0 Å². The van der Waals surface area contributed by atoms with Gasteiger partial charge in [0.1, 0.15) is 12.5 Å². The lowest BCUT2D eigenvalue weighted by Crippen LogP contribution is -2.41. The first-order valence-electron chi connectivity index (χ1n) is 12.0. The highest BCUT2D eigenvalue weighted by Gasteiger charge is 2.50. The van der Waals surface area contributed by atoms with Crippen LogP contribution in [0.25, 0.3) is 0 Å². The van der Waals surface area contributed by atoms with Gasteiger partial charge in [0.2, 0.25) is 5.69 Å². The molecule has 1 aliphatic heterocycles. The third-order valence-corrected chi connectivity index (χ3v) is 7.39. The summed E-state index contributed by atoms with van der Waals surface area (Å²) in [6.45, 7) is 13.6. The van der Waals surface area contributed by atoms with Gasteiger partial charge in [0.15, 0.2) is 17.3 Å². The summed E-state index contributed by atoms with van der Waals surface area (Å²) in [5, 5.41) is 0. The molecule has 1 N–H and O–H groups in total. The van der Waals surface area contributed by atoms with E-state index in [2.05, 4.69) is 61.5 Å². The van der Waals surface area contributed by atoms with E-state index < -0.39 is 5.92 Å². The fraction of sp³-hybridized carbons (Fsp3) is 0.464. The zero-order valence-electron chi connectivity index (χ0n) is 20.3. The minimum atomic E-state index is -0.679. The Morgan fingerprint density at radius 3 is 2.38 bits per heavy atom. The number of carbonyl (C=O) groups excluding carboxylic acids is 2. The standard InChI is InChI=1S/C28H34N2O2/c1-7-9-12-15-30-22-14-11-10-13-21(22)28(5,6)23(30)16-20-26(31)24(27(20)32)25-17(3)19(8-2)18(4)29-25/h10-11,13-14,16,24H,7-9,12,15H2,1-6H3/p+1. The summed E-state index contributed by atoms with van der Waals surface area (Å²) in [6, 6.07) is 8.45. The number of aryl methyl sites for hydroxylation is 1. The number of H-pyrrole nitrogens is 1. The molecule has 4 heteroatoms. The normalized spacial score (nSPS) is 19.4. The summed E-state index contributed by atoms with van der Waals surface area (Å²) >= 11 is 0. The van der Waals surface area contributed by atoms with Gasteiger partial charge >= 0.3 is 0 Å². The van der Waals surface area contributed by atoms with E-state index in [1.54, 1.807) is 0 Å². The van der Waals surface area contributed by atoms with Crippen molar-refractivity contribution in [3.05, 3.63) is 64.0 Å². The van der Waals surface area contributed by atoms with Crippen LogP contribution in [-0.4, -0.2) is 33.4 Å². The number of carbonyl (C=O) groups is 2. The van der Waals surface area contributed by atoms with Crippen LogP contribution in [0, 0.1) is 13.8 Å². The molecule has 0 bridgehead atoms. The van der Waals surface area contributed by atoms with Crippen LogP contribution >= 0.6 is 0 Å². The van der Waals surface area contributed by atoms with Crippen LogP contribution in [0.1, 0.15) is 81.0 Å². The van der Waals surface area contributed by atoms with Gasteiger partial charge in [-0.2, -0.15) is 4.58 Å². The van der Waals surface area contributed by atoms with Crippen molar-refractivity contribution < 1.29 is 14.2 Å². The van der Waals surface area contributed by atoms with Crippen molar-refractivity contribution in [2.45, 2.75) is 78.6 Å². The Morgan fingerprint density at radius 2 is 1.75 bits per heavy atom. The molecule has 4 nitrogen and oxygen atoms in total. The minimum absolute atomic E-state index is 0.0604. The predicted octanol–water partition coefficient (Wildman–Crippen LogP) is 5.62. The minimum Gasteiger partial charge on any atom is -0.361 e. The summed E-state index contributed by atoms with van der Waals surface area (Å²) < 4.78 is 2.32. The van der Waals surface area contributed by atoms with Crippen LogP contribution in [0.3, 0.4) is 0 Å². The molecule has 0 saturated heterocycles. The van der Waals surface area contributed by atoms with Gasteiger partial charge in [0.25, 0.3) is 0 Å². The number of Topliss-reactive ketones (excluding diaryl/α,β-unsaturated/α-hetero) is 2. The third kappa shape index (κ3) is 3.32. The second-order valence-corrected chi connectivity index (χ2v) is 9.73. The van der Waals surface area contributed by atoms with Crippen molar-refractivity contribution in [1.29, 1.82) is 0 Å². The van der Waals surface area contributed by atoms with Crippen LogP contribution in [0.5, 0.6) is 0 Å². The van der Waals surface area contributed by atoms with Gasteiger partial charge in [-0.25, -0.2) is 0 Å². The lowest BCUT2D eigenvalue weighted by Gasteiger charge is -2.26. The first-order valence-corrected chi connectivity index (χ1v) is 12.0. The molecule has 32 heavy (non-hydrogen) atoms. The molecule has 1 fully saturated rings. The largest absolute Gasteiger partial charge is 0.361 e. The van der Waals surface area contributed by atoms with E-state index in [1.807, 2.05) is 19.9 Å². The first kappa shape index (κ1) is 22.4. The van der Waals surface area contributed by atoms with Gasteiger partial charge in [-0.3, -0.25) is 9.59 Å². The van der Waals surface area contributed by atoms with E-state index >= 15 is 0 Å². The maximum atomic E-state index is 13.2. The monoisotopic (exact) mass is 431 g/mol. The maximum absolute atomic E-state index is 13.2. The summed E-state index contributed by atoms with van der Waals surface area (Å²) in [5.41, 5.74) is 7.69. The highest BCUT2D eigenvalue weighted by atomic mass is 16.2. The molecular formula is C28H35N2O2+. The molecule has 168 valence electrons. The summed E-state index contributed by atoms with van der Waals surface area (Å²) in [7, 11) is 0. The number of nitrogens with one attached hydrogen (secondary N) is 1. The van der Waals surface area contributed by atoms with Gasteiger partial charge in [-0.15, -0.1) is 0 Å². The number of hydrogen-bond acceptors (Lipinski definition) is 2. The molecule has 1 aromatic heterocycles. The highest BCUT2D eigenvalue weighted by molar-refractivity contribution is 6.43. The smallest absolute Gasteiger partial charge is 0.209 e. The number of para-hydroxylation sites is 1. The Labute approximate surface area is 191 Å². The maximum Gasteiger partial charge on any atom is 0.209 e. The molecule has 0 amide bonds. The molecule has 2 aromatic rings. The number of nitrogens with zero attached hydrogens (tertiary/aromatic N) is 1. The van der Waals surface area contributed by atoms with E-state index in [9.17, 15) is 9.59 Å². The summed E-state index contributed by atoms with van der Waals surface area (Å²) in [4.78, 5) is 29.8. The highest BCUT2D eigenvalue weighted by Crippen LogP contribution is 2.42. The molecular weight excluding hydrogens is 396 g/mol. The van der Waals surface area contributed by atoms with Crippen molar-refractivity contribution in [2.24, 2.45) is 0 Å². The number of fused-ring (bicyclic) bond motifs is 1. The second-order valence-electron chi connectivity index (χ2n) is 9.73. The van der Waals surface area contributed by atoms with Crippen LogP contribution in [-0.2, 0) is 21.4 Å². The van der Waals surface area contributed by atoms with Gasteiger partial charge in [-0.1, -0.05) is 38.5 Å². The number of benzene rings is 1. The van der Waals surface area contributed by atoms with E-state index in [0.29, 0.717) is 5.57 Å². The molecule has 1 aliphatic carbocycles.